The van der Waals surface area contributed by atoms with Gasteiger partial charge in [0.25, 0.3) is 0 Å². The molecule has 1 N–H and O–H groups in total. The summed E-state index contributed by atoms with van der Waals surface area (Å²) in [6.45, 7) is 5.29. The average Bonchev–Trinajstić information content (AvgIpc) is 3.58. The maximum atomic E-state index is 14.3. The molecule has 0 unspecified atom stereocenters. The van der Waals surface area contributed by atoms with Crippen molar-refractivity contribution in [3.05, 3.63) is 88.6 Å². The molecule has 0 radical (unpaired) electrons. The second-order valence-electron chi connectivity index (χ2n) is 10.9. The van der Waals surface area contributed by atoms with Crippen LogP contribution >= 0.6 is 0 Å². The van der Waals surface area contributed by atoms with Gasteiger partial charge in [-0.1, -0.05) is 12.1 Å². The number of carboxylic acids is 1. The quantitative estimate of drug-likeness (QED) is 0.295. The number of pyridine rings is 1. The van der Waals surface area contributed by atoms with Crippen LogP contribution in [0.25, 0.3) is 11.0 Å². The molecular weight excluding hydrogens is 551 g/mol. The summed E-state index contributed by atoms with van der Waals surface area (Å²) in [4.78, 5) is 28.0. The number of aromatic carboxylic acids is 1. The van der Waals surface area contributed by atoms with Gasteiger partial charge in [-0.05, 0) is 62.3 Å². The maximum Gasteiger partial charge on any atom is 0.335 e. The summed E-state index contributed by atoms with van der Waals surface area (Å²) in [5.41, 5.74) is 3.34. The molecule has 0 bridgehead atoms. The summed E-state index contributed by atoms with van der Waals surface area (Å²) in [6, 6.07) is 17.0. The van der Waals surface area contributed by atoms with Crippen LogP contribution in [-0.2, 0) is 24.4 Å². The topological polar surface area (TPSA) is 126 Å². The van der Waals surface area contributed by atoms with Crippen LogP contribution in [0.4, 0.5) is 4.39 Å². The van der Waals surface area contributed by atoms with Gasteiger partial charge in [-0.2, -0.15) is 5.26 Å². The molecule has 43 heavy (non-hydrogen) atoms. The molecule has 2 aliphatic rings. The molecule has 1 saturated heterocycles. The molecule has 0 saturated carbocycles. The second-order valence-corrected chi connectivity index (χ2v) is 10.9. The lowest BCUT2D eigenvalue weighted by Crippen LogP contribution is -2.34. The zero-order valence-corrected chi connectivity index (χ0v) is 23.7. The summed E-state index contributed by atoms with van der Waals surface area (Å²) < 4.78 is 28.0. The number of likely N-dealkylation sites (tertiary alicyclic amines) is 1. The molecule has 1 atom stereocenters. The summed E-state index contributed by atoms with van der Waals surface area (Å²) in [5.74, 6) is 0.778. The highest BCUT2D eigenvalue weighted by Gasteiger charge is 2.26. The van der Waals surface area contributed by atoms with Gasteiger partial charge < -0.3 is 19.1 Å². The number of benzene rings is 2. The van der Waals surface area contributed by atoms with Gasteiger partial charge in [0, 0.05) is 30.2 Å². The Bertz CT molecular complexity index is 1740. The van der Waals surface area contributed by atoms with E-state index in [1.165, 1.54) is 6.07 Å². The third kappa shape index (κ3) is 6.34. The van der Waals surface area contributed by atoms with Crippen molar-refractivity contribution in [1.29, 1.82) is 5.26 Å². The number of carbonyl (C=O) groups is 1. The smallest absolute Gasteiger partial charge is 0.335 e. The van der Waals surface area contributed by atoms with E-state index in [1.54, 1.807) is 36.4 Å². The Kier molecular flexibility index (Phi) is 8.03. The molecule has 0 amide bonds. The molecule has 2 aromatic carbocycles. The average molecular weight is 583 g/mol. The summed E-state index contributed by atoms with van der Waals surface area (Å²) in [5, 5.41) is 18.5. The normalized spacial score (nSPS) is 17.4. The Morgan fingerprint density at radius 2 is 2.00 bits per heavy atom. The molecule has 0 aliphatic carbocycles. The monoisotopic (exact) mass is 582 g/mol. The fourth-order valence-electron chi connectivity index (χ4n) is 5.69. The first kappa shape index (κ1) is 28.3. The number of ether oxygens (including phenoxy) is 2. The molecule has 4 aromatic rings. The van der Waals surface area contributed by atoms with Crippen LogP contribution < -0.4 is 4.74 Å². The van der Waals surface area contributed by atoms with Gasteiger partial charge in [0.1, 0.15) is 24.4 Å². The highest BCUT2D eigenvalue weighted by Crippen LogP contribution is 2.30. The van der Waals surface area contributed by atoms with Gasteiger partial charge >= 0.3 is 5.97 Å². The Morgan fingerprint density at radius 1 is 1.16 bits per heavy atom. The molecule has 10 nitrogen and oxygen atoms in total. The van der Waals surface area contributed by atoms with Crippen molar-refractivity contribution in [2.45, 2.75) is 51.5 Å². The number of nitrogens with zero attached hydrogens (tertiary/aromatic N) is 6. The highest BCUT2D eigenvalue weighted by molar-refractivity contribution is 5.92. The number of rotatable bonds is 9. The summed E-state index contributed by atoms with van der Waals surface area (Å²) in [6.07, 6.45) is 1.69. The van der Waals surface area contributed by atoms with E-state index in [2.05, 4.69) is 14.5 Å². The molecule has 6 rings (SSSR count). The van der Waals surface area contributed by atoms with Gasteiger partial charge in [-0.15, -0.1) is 0 Å². The third-order valence-corrected chi connectivity index (χ3v) is 7.99. The highest BCUT2D eigenvalue weighted by atomic mass is 19.1. The van der Waals surface area contributed by atoms with Crippen LogP contribution in [0.3, 0.4) is 0 Å². The number of carboxylic acid groups (broad SMARTS) is 1. The van der Waals surface area contributed by atoms with E-state index >= 15 is 0 Å². The standard InChI is InChI=1S/C32H31FN6O4/c1-20-35-16-25(43-20)17-39-29-14-23(32(40)41)7-8-28(29)36-30(39)18-38-11-9-22(10-12-38)27-3-2-4-31(37-27)42-19-24-6-5-21(15-34)13-26(24)33/h2-8,13-14,22,25H,9-12,16-19H2,1H3,(H,40,41)/t25-/m0/s1. The number of aliphatic imine (C=N–C) groups is 1. The fraction of sp³-hybridized carbons (Fsp3) is 0.344. The lowest BCUT2D eigenvalue weighted by Gasteiger charge is -2.31. The molecule has 2 aliphatic heterocycles. The predicted octanol–water partition coefficient (Wildman–Crippen LogP) is 4.92. The zero-order valence-electron chi connectivity index (χ0n) is 23.7. The van der Waals surface area contributed by atoms with Crippen LogP contribution in [0, 0.1) is 17.1 Å². The minimum Gasteiger partial charge on any atom is -0.478 e. The Labute approximate surface area is 248 Å². The number of hydrogen-bond acceptors (Lipinski definition) is 8. The molecule has 4 heterocycles. The second kappa shape index (κ2) is 12.2. The van der Waals surface area contributed by atoms with Gasteiger partial charge in [0.2, 0.25) is 5.88 Å². The van der Waals surface area contributed by atoms with Crippen molar-refractivity contribution in [3.8, 4) is 11.9 Å². The zero-order chi connectivity index (χ0) is 29.9. The number of nitriles is 1. The Hall–Kier alpha value is -4.82. The van der Waals surface area contributed by atoms with Crippen molar-refractivity contribution < 1.29 is 23.8 Å². The van der Waals surface area contributed by atoms with E-state index in [1.807, 2.05) is 25.1 Å². The number of halogens is 1. The lowest BCUT2D eigenvalue weighted by atomic mass is 9.93. The van der Waals surface area contributed by atoms with Crippen molar-refractivity contribution >= 4 is 22.9 Å². The number of hydrogen-bond donors (Lipinski definition) is 1. The van der Waals surface area contributed by atoms with Gasteiger partial charge in [0.05, 0.1) is 47.9 Å². The first-order valence-electron chi connectivity index (χ1n) is 14.3. The van der Waals surface area contributed by atoms with E-state index in [-0.39, 0.29) is 29.8 Å². The minimum absolute atomic E-state index is 0.0268. The van der Waals surface area contributed by atoms with E-state index in [0.717, 1.165) is 48.5 Å². The van der Waals surface area contributed by atoms with Crippen LogP contribution in [0.1, 0.15) is 58.7 Å². The van der Waals surface area contributed by atoms with Crippen LogP contribution in [0.5, 0.6) is 5.88 Å². The van der Waals surface area contributed by atoms with Crippen molar-refractivity contribution in [3.63, 3.8) is 0 Å². The molecule has 11 heteroatoms. The number of piperidine rings is 1. The van der Waals surface area contributed by atoms with Gasteiger partial charge in [-0.3, -0.25) is 9.89 Å². The van der Waals surface area contributed by atoms with Gasteiger partial charge in [0.15, 0.2) is 5.90 Å². The lowest BCUT2D eigenvalue weighted by molar-refractivity contribution is 0.0697. The van der Waals surface area contributed by atoms with E-state index in [4.69, 9.17) is 24.7 Å². The number of fused-ring (bicyclic) bond motifs is 1. The van der Waals surface area contributed by atoms with Crippen LogP contribution in [0.15, 0.2) is 59.6 Å². The first-order chi connectivity index (χ1) is 20.9. The first-order valence-corrected chi connectivity index (χ1v) is 14.3. The molecule has 2 aromatic heterocycles. The van der Waals surface area contributed by atoms with E-state index < -0.39 is 11.8 Å². The van der Waals surface area contributed by atoms with E-state index in [9.17, 15) is 14.3 Å². The van der Waals surface area contributed by atoms with Crippen molar-refractivity contribution in [2.24, 2.45) is 4.99 Å². The van der Waals surface area contributed by atoms with Crippen molar-refractivity contribution in [1.82, 2.24) is 19.4 Å². The Balaban J connectivity index is 1.11. The molecular formula is C32H31FN6O4. The largest absolute Gasteiger partial charge is 0.478 e. The number of aromatic nitrogens is 3. The third-order valence-electron chi connectivity index (χ3n) is 7.99. The molecule has 1 fully saturated rings. The molecule has 220 valence electrons. The summed E-state index contributed by atoms with van der Waals surface area (Å²) >= 11 is 0. The predicted molar refractivity (Wildman–Crippen MR) is 156 cm³/mol. The van der Waals surface area contributed by atoms with Gasteiger partial charge in [-0.25, -0.2) is 19.2 Å². The van der Waals surface area contributed by atoms with E-state index in [0.29, 0.717) is 37.0 Å². The number of imidazole rings is 1. The van der Waals surface area contributed by atoms with Crippen molar-refractivity contribution in [2.75, 3.05) is 19.6 Å². The SMILES string of the molecule is CC1=NC[C@@H](Cn2c(CN3CCC(c4cccc(OCc5ccc(C#N)cc5F)n4)CC3)nc3ccc(C(=O)O)cc32)O1. The van der Waals surface area contributed by atoms with Crippen LogP contribution in [-0.4, -0.2) is 62.1 Å². The summed E-state index contributed by atoms with van der Waals surface area (Å²) in [7, 11) is 0. The van der Waals surface area contributed by atoms with Crippen LogP contribution in [0.2, 0.25) is 0 Å². The Morgan fingerprint density at radius 3 is 2.72 bits per heavy atom. The minimum atomic E-state index is -0.973. The fourth-order valence-corrected chi connectivity index (χ4v) is 5.69. The maximum absolute atomic E-state index is 14.3. The molecule has 0 spiro atoms.